The second-order valence-electron chi connectivity index (χ2n) is 9.39. The van der Waals surface area contributed by atoms with Crippen molar-refractivity contribution in [1.82, 2.24) is 14.5 Å². The van der Waals surface area contributed by atoms with Crippen molar-refractivity contribution < 1.29 is 18.0 Å². The van der Waals surface area contributed by atoms with Crippen LogP contribution in [-0.4, -0.2) is 55.6 Å². The Morgan fingerprint density at radius 1 is 0.923 bits per heavy atom. The third kappa shape index (κ3) is 9.02. The van der Waals surface area contributed by atoms with E-state index in [0.29, 0.717) is 19.4 Å². The van der Waals surface area contributed by atoms with Crippen LogP contribution in [0.3, 0.4) is 0 Å². The van der Waals surface area contributed by atoms with Crippen molar-refractivity contribution in [3.63, 3.8) is 0 Å². The third-order valence-corrected chi connectivity index (χ3v) is 8.74. The molecule has 1 N–H and O–H groups in total. The van der Waals surface area contributed by atoms with Crippen LogP contribution in [0.15, 0.2) is 94.3 Å². The maximum atomic E-state index is 13.7. The fourth-order valence-electron chi connectivity index (χ4n) is 4.24. The van der Waals surface area contributed by atoms with Gasteiger partial charge in [-0.05, 0) is 48.2 Å². The number of sulfonamides is 1. The SMILES string of the molecule is CCCNC(=O)C(Cc1ccccc1)N(Cc1cccc(Br)c1)C(=O)CCCN(C)S(=O)(=O)c1ccccc1. The fourth-order valence-corrected chi connectivity index (χ4v) is 5.92. The van der Waals surface area contributed by atoms with Crippen LogP contribution < -0.4 is 5.32 Å². The molecule has 0 aromatic heterocycles. The van der Waals surface area contributed by atoms with Gasteiger partial charge in [0.1, 0.15) is 6.04 Å². The summed E-state index contributed by atoms with van der Waals surface area (Å²) in [5.41, 5.74) is 1.85. The van der Waals surface area contributed by atoms with Crippen LogP contribution in [-0.2, 0) is 32.6 Å². The molecule has 3 aromatic rings. The molecule has 0 aliphatic carbocycles. The Morgan fingerprint density at radius 3 is 2.21 bits per heavy atom. The van der Waals surface area contributed by atoms with Crippen LogP contribution in [0, 0.1) is 0 Å². The molecule has 3 aromatic carbocycles. The minimum absolute atomic E-state index is 0.106. The summed E-state index contributed by atoms with van der Waals surface area (Å²) in [5, 5.41) is 2.97. The first-order valence-corrected chi connectivity index (χ1v) is 15.3. The number of carbonyl (C=O) groups is 2. The van der Waals surface area contributed by atoms with E-state index in [1.165, 1.54) is 11.4 Å². The number of hydrogen-bond donors (Lipinski definition) is 1. The molecule has 0 fully saturated rings. The van der Waals surface area contributed by atoms with Crippen molar-refractivity contribution in [2.45, 2.75) is 50.1 Å². The zero-order valence-electron chi connectivity index (χ0n) is 22.4. The molecule has 39 heavy (non-hydrogen) atoms. The zero-order chi connectivity index (χ0) is 28.3. The minimum atomic E-state index is -3.65. The van der Waals surface area contributed by atoms with Gasteiger partial charge in [0.2, 0.25) is 21.8 Å². The quantitative estimate of drug-likeness (QED) is 0.277. The minimum Gasteiger partial charge on any atom is -0.354 e. The molecule has 3 rings (SSSR count). The van der Waals surface area contributed by atoms with E-state index in [1.54, 1.807) is 35.2 Å². The van der Waals surface area contributed by atoms with Gasteiger partial charge in [0.25, 0.3) is 0 Å². The lowest BCUT2D eigenvalue weighted by atomic mass is 10.0. The Kier molecular flexibility index (Phi) is 11.7. The predicted molar refractivity (Wildman–Crippen MR) is 157 cm³/mol. The van der Waals surface area contributed by atoms with Gasteiger partial charge in [0, 0.05) is 44.0 Å². The number of nitrogens with one attached hydrogen (secondary N) is 1. The van der Waals surface area contributed by atoms with E-state index in [9.17, 15) is 18.0 Å². The molecule has 0 aliphatic rings. The standard InChI is InChI=1S/C30H36BrN3O4S/c1-3-19-32-30(36)28(22-24-12-6-4-7-13-24)34(23-25-14-10-15-26(31)21-25)29(35)18-11-20-33(2)39(37,38)27-16-8-5-9-17-27/h4-10,12-17,21,28H,3,11,18-20,22-23H2,1-2H3,(H,32,36). The summed E-state index contributed by atoms with van der Waals surface area (Å²) in [6.45, 7) is 2.94. The highest BCUT2D eigenvalue weighted by Crippen LogP contribution is 2.20. The molecule has 0 spiro atoms. The number of rotatable bonds is 14. The highest BCUT2D eigenvalue weighted by Gasteiger charge is 2.30. The summed E-state index contributed by atoms with van der Waals surface area (Å²) in [7, 11) is -2.14. The number of benzene rings is 3. The zero-order valence-corrected chi connectivity index (χ0v) is 24.8. The van der Waals surface area contributed by atoms with Gasteiger partial charge >= 0.3 is 0 Å². The molecule has 0 heterocycles. The van der Waals surface area contributed by atoms with Crippen molar-refractivity contribution in [3.8, 4) is 0 Å². The monoisotopic (exact) mass is 613 g/mol. The van der Waals surface area contributed by atoms with Gasteiger partial charge in [-0.3, -0.25) is 9.59 Å². The highest BCUT2D eigenvalue weighted by molar-refractivity contribution is 9.10. The lowest BCUT2D eigenvalue weighted by Gasteiger charge is -2.32. The largest absolute Gasteiger partial charge is 0.354 e. The van der Waals surface area contributed by atoms with Crippen LogP contribution in [0.1, 0.15) is 37.3 Å². The summed E-state index contributed by atoms with van der Waals surface area (Å²) >= 11 is 3.49. The van der Waals surface area contributed by atoms with Crippen molar-refractivity contribution in [2.24, 2.45) is 0 Å². The maximum absolute atomic E-state index is 13.7. The molecule has 0 aliphatic heterocycles. The Morgan fingerprint density at radius 2 is 1.56 bits per heavy atom. The van der Waals surface area contributed by atoms with Gasteiger partial charge in [0.15, 0.2) is 0 Å². The average Bonchev–Trinajstić information content (AvgIpc) is 2.94. The maximum Gasteiger partial charge on any atom is 0.243 e. The Labute approximate surface area is 240 Å². The van der Waals surface area contributed by atoms with E-state index in [1.807, 2.05) is 61.5 Å². The molecule has 1 unspecified atom stereocenters. The number of amides is 2. The van der Waals surface area contributed by atoms with Gasteiger partial charge in [-0.15, -0.1) is 0 Å². The molecular formula is C30H36BrN3O4S. The van der Waals surface area contributed by atoms with Crippen LogP contribution >= 0.6 is 15.9 Å². The number of carbonyl (C=O) groups excluding carboxylic acids is 2. The first kappa shape index (κ1) is 30.5. The molecule has 7 nitrogen and oxygen atoms in total. The Bertz CT molecular complexity index is 1320. The Balaban J connectivity index is 1.81. The molecule has 0 bridgehead atoms. The molecule has 208 valence electrons. The smallest absolute Gasteiger partial charge is 0.243 e. The van der Waals surface area contributed by atoms with Gasteiger partial charge in [-0.1, -0.05) is 83.5 Å². The van der Waals surface area contributed by atoms with Gasteiger partial charge < -0.3 is 10.2 Å². The van der Waals surface area contributed by atoms with E-state index in [0.717, 1.165) is 22.0 Å². The van der Waals surface area contributed by atoms with E-state index in [4.69, 9.17) is 0 Å². The molecule has 9 heteroatoms. The average molecular weight is 615 g/mol. The van der Waals surface area contributed by atoms with Crippen molar-refractivity contribution >= 4 is 37.8 Å². The normalized spacial score (nSPS) is 12.2. The van der Waals surface area contributed by atoms with Crippen LogP contribution in [0.25, 0.3) is 0 Å². The van der Waals surface area contributed by atoms with Gasteiger partial charge in [-0.2, -0.15) is 0 Å². The second kappa shape index (κ2) is 15.0. The molecule has 1 atom stereocenters. The summed E-state index contributed by atoms with van der Waals surface area (Å²) in [6.07, 6.45) is 1.59. The Hall–Kier alpha value is -3.01. The molecular weight excluding hydrogens is 578 g/mol. The summed E-state index contributed by atoms with van der Waals surface area (Å²) in [5.74, 6) is -0.402. The predicted octanol–water partition coefficient (Wildman–Crippen LogP) is 5.02. The van der Waals surface area contributed by atoms with E-state index in [2.05, 4.69) is 21.2 Å². The van der Waals surface area contributed by atoms with Crippen molar-refractivity contribution in [1.29, 1.82) is 0 Å². The number of nitrogens with zero attached hydrogens (tertiary/aromatic N) is 2. The number of halogens is 1. The van der Waals surface area contributed by atoms with Crippen LogP contribution in [0.2, 0.25) is 0 Å². The van der Waals surface area contributed by atoms with E-state index >= 15 is 0 Å². The van der Waals surface area contributed by atoms with Gasteiger partial charge in [0.05, 0.1) is 4.90 Å². The first-order valence-electron chi connectivity index (χ1n) is 13.1. The van der Waals surface area contributed by atoms with Gasteiger partial charge in [-0.25, -0.2) is 12.7 Å². The van der Waals surface area contributed by atoms with Crippen LogP contribution in [0.5, 0.6) is 0 Å². The van der Waals surface area contributed by atoms with Crippen LogP contribution in [0.4, 0.5) is 0 Å². The lowest BCUT2D eigenvalue weighted by Crippen LogP contribution is -2.50. The second-order valence-corrected chi connectivity index (χ2v) is 12.4. The topological polar surface area (TPSA) is 86.8 Å². The third-order valence-electron chi connectivity index (χ3n) is 6.38. The first-order chi connectivity index (χ1) is 18.7. The summed E-state index contributed by atoms with van der Waals surface area (Å²) < 4.78 is 27.9. The molecule has 0 radical (unpaired) electrons. The van der Waals surface area contributed by atoms with E-state index < -0.39 is 16.1 Å². The lowest BCUT2D eigenvalue weighted by molar-refractivity contribution is -0.141. The summed E-state index contributed by atoms with van der Waals surface area (Å²) in [6, 6.07) is 24.8. The molecule has 0 saturated heterocycles. The summed E-state index contributed by atoms with van der Waals surface area (Å²) in [4.78, 5) is 28.9. The molecule has 0 saturated carbocycles. The van der Waals surface area contributed by atoms with Crippen molar-refractivity contribution in [2.75, 3.05) is 20.1 Å². The van der Waals surface area contributed by atoms with Crippen molar-refractivity contribution in [3.05, 3.63) is 101 Å². The van der Waals surface area contributed by atoms with E-state index in [-0.39, 0.29) is 36.2 Å². The highest BCUT2D eigenvalue weighted by atomic mass is 79.9. The molecule has 2 amide bonds. The fraction of sp³-hybridized carbons (Fsp3) is 0.333. The number of hydrogen-bond acceptors (Lipinski definition) is 4.